The molecule has 0 aliphatic heterocycles. The predicted octanol–water partition coefficient (Wildman–Crippen LogP) is -0.0572. The number of ether oxygens (including phenoxy) is 2. The lowest BCUT2D eigenvalue weighted by atomic mass is 10.2. The van der Waals surface area contributed by atoms with Crippen molar-refractivity contribution in [2.45, 2.75) is 6.92 Å². The number of carbonyl (C=O) groups excluding carboxylic acids is 1. The first-order valence-corrected chi connectivity index (χ1v) is 6.80. The number of amides is 1. The van der Waals surface area contributed by atoms with Crippen molar-refractivity contribution in [3.05, 3.63) is 22.5 Å². The SMILES string of the molecule is CCN(Nc1nc2cc(OC)c(OC)cc2n(C)c1=O)C(=O)[O-]. The number of aromatic nitrogens is 2. The van der Waals surface area contributed by atoms with Gasteiger partial charge in [-0.1, -0.05) is 0 Å². The molecule has 0 aliphatic carbocycles. The molecular weight excluding hydrogens is 304 g/mol. The molecule has 1 amide bonds. The molecular formula is C14H17N4O5-. The quantitative estimate of drug-likeness (QED) is 0.769. The number of hydrogen-bond acceptors (Lipinski definition) is 7. The fourth-order valence-corrected chi connectivity index (χ4v) is 2.11. The van der Waals surface area contributed by atoms with E-state index < -0.39 is 11.7 Å². The minimum atomic E-state index is -1.45. The van der Waals surface area contributed by atoms with Crippen LogP contribution in [0.25, 0.3) is 11.0 Å². The van der Waals surface area contributed by atoms with Crippen LogP contribution < -0.4 is 25.6 Å². The molecule has 0 saturated heterocycles. The summed E-state index contributed by atoms with van der Waals surface area (Å²) in [5, 5.41) is 11.7. The average molecular weight is 321 g/mol. The van der Waals surface area contributed by atoms with E-state index in [4.69, 9.17) is 9.47 Å². The number of methoxy groups -OCH3 is 2. The Kier molecular flexibility index (Phi) is 4.58. The molecule has 23 heavy (non-hydrogen) atoms. The maximum atomic E-state index is 12.3. The number of aryl methyl sites for hydroxylation is 1. The van der Waals surface area contributed by atoms with Crippen molar-refractivity contribution in [3.63, 3.8) is 0 Å². The van der Waals surface area contributed by atoms with Crippen LogP contribution in [0.3, 0.4) is 0 Å². The first kappa shape index (κ1) is 16.4. The molecule has 0 radical (unpaired) electrons. The predicted molar refractivity (Wildman–Crippen MR) is 81.5 cm³/mol. The van der Waals surface area contributed by atoms with E-state index in [9.17, 15) is 14.7 Å². The number of nitrogens with zero attached hydrogens (tertiary/aromatic N) is 3. The highest BCUT2D eigenvalue weighted by molar-refractivity contribution is 5.81. The molecule has 0 spiro atoms. The second-order valence-electron chi connectivity index (χ2n) is 4.64. The van der Waals surface area contributed by atoms with E-state index in [1.165, 1.54) is 18.8 Å². The Labute approximate surface area is 132 Å². The summed E-state index contributed by atoms with van der Waals surface area (Å²) in [6.07, 6.45) is -1.45. The van der Waals surface area contributed by atoms with Crippen molar-refractivity contribution < 1.29 is 19.4 Å². The van der Waals surface area contributed by atoms with Crippen LogP contribution in [0.1, 0.15) is 6.92 Å². The lowest BCUT2D eigenvalue weighted by Crippen LogP contribution is -2.46. The normalized spacial score (nSPS) is 10.4. The van der Waals surface area contributed by atoms with Crippen LogP contribution in [0.4, 0.5) is 10.6 Å². The molecule has 1 aromatic carbocycles. The largest absolute Gasteiger partial charge is 0.529 e. The van der Waals surface area contributed by atoms with E-state index in [-0.39, 0.29) is 12.4 Å². The molecule has 9 heteroatoms. The van der Waals surface area contributed by atoms with Gasteiger partial charge < -0.3 is 23.9 Å². The molecule has 124 valence electrons. The minimum absolute atomic E-state index is 0.0944. The highest BCUT2D eigenvalue weighted by atomic mass is 16.5. The van der Waals surface area contributed by atoms with Gasteiger partial charge in [-0.15, -0.1) is 0 Å². The molecule has 0 fully saturated rings. The lowest BCUT2D eigenvalue weighted by molar-refractivity contribution is -0.263. The van der Waals surface area contributed by atoms with Crippen LogP contribution in [0.2, 0.25) is 0 Å². The van der Waals surface area contributed by atoms with Crippen LogP contribution in [0.15, 0.2) is 16.9 Å². The van der Waals surface area contributed by atoms with E-state index in [1.807, 2.05) is 0 Å². The summed E-state index contributed by atoms with van der Waals surface area (Å²) < 4.78 is 11.8. The van der Waals surface area contributed by atoms with Crippen LogP contribution in [-0.2, 0) is 7.05 Å². The van der Waals surface area contributed by atoms with Crippen LogP contribution in [0, 0.1) is 0 Å². The summed E-state index contributed by atoms with van der Waals surface area (Å²) >= 11 is 0. The summed E-state index contributed by atoms with van der Waals surface area (Å²) in [7, 11) is 4.53. The van der Waals surface area contributed by atoms with Gasteiger partial charge in [-0.2, -0.15) is 0 Å². The number of anilines is 1. The molecule has 0 saturated carbocycles. The van der Waals surface area contributed by atoms with E-state index >= 15 is 0 Å². The highest BCUT2D eigenvalue weighted by Crippen LogP contribution is 2.30. The second-order valence-corrected chi connectivity index (χ2v) is 4.64. The van der Waals surface area contributed by atoms with Crippen molar-refractivity contribution >= 4 is 22.9 Å². The maximum absolute atomic E-state index is 12.3. The first-order chi connectivity index (χ1) is 10.9. The average Bonchev–Trinajstić information content (AvgIpc) is 2.55. The Bertz CT molecular complexity index is 802. The molecule has 1 heterocycles. The summed E-state index contributed by atoms with van der Waals surface area (Å²) in [5.41, 5.74) is 2.94. The van der Waals surface area contributed by atoms with Crippen molar-refractivity contribution in [2.75, 3.05) is 26.2 Å². The summed E-state index contributed by atoms with van der Waals surface area (Å²) in [4.78, 5) is 27.5. The number of fused-ring (bicyclic) bond motifs is 1. The number of carbonyl (C=O) groups is 1. The Hall–Kier alpha value is -2.97. The fourth-order valence-electron chi connectivity index (χ4n) is 2.11. The number of rotatable bonds is 5. The van der Waals surface area contributed by atoms with Crippen LogP contribution in [-0.4, -0.2) is 41.4 Å². The van der Waals surface area contributed by atoms with Crippen LogP contribution in [0.5, 0.6) is 11.5 Å². The van der Waals surface area contributed by atoms with Gasteiger partial charge in [-0.3, -0.25) is 15.2 Å². The molecule has 1 aromatic heterocycles. The topological polar surface area (TPSA) is 109 Å². The second kappa shape index (κ2) is 6.42. The van der Waals surface area contributed by atoms with E-state index in [0.29, 0.717) is 22.5 Å². The van der Waals surface area contributed by atoms with Gasteiger partial charge in [-0.25, -0.2) is 4.98 Å². The van der Waals surface area contributed by atoms with Crippen molar-refractivity contribution in [2.24, 2.45) is 7.05 Å². The van der Waals surface area contributed by atoms with E-state index in [1.54, 1.807) is 26.1 Å². The zero-order valence-corrected chi connectivity index (χ0v) is 13.2. The van der Waals surface area contributed by atoms with Gasteiger partial charge in [0.15, 0.2) is 17.6 Å². The molecule has 0 atom stereocenters. The number of carboxylic acid groups (broad SMARTS) is 1. The first-order valence-electron chi connectivity index (χ1n) is 6.80. The number of hydrazine groups is 1. The lowest BCUT2D eigenvalue weighted by Gasteiger charge is -2.24. The number of nitrogens with one attached hydrogen (secondary N) is 1. The zero-order valence-electron chi connectivity index (χ0n) is 13.2. The number of hydrogen-bond donors (Lipinski definition) is 1. The van der Waals surface area contributed by atoms with Gasteiger partial charge in [0, 0.05) is 25.7 Å². The highest BCUT2D eigenvalue weighted by Gasteiger charge is 2.14. The van der Waals surface area contributed by atoms with Gasteiger partial charge in [0.05, 0.1) is 25.3 Å². The zero-order chi connectivity index (χ0) is 17.1. The van der Waals surface area contributed by atoms with Crippen molar-refractivity contribution in [3.8, 4) is 11.5 Å². The third-order valence-corrected chi connectivity index (χ3v) is 3.36. The Balaban J connectivity index is 2.63. The molecule has 9 nitrogen and oxygen atoms in total. The molecule has 2 aromatic rings. The third kappa shape index (κ3) is 2.98. The molecule has 1 N–H and O–H groups in total. The molecule has 0 aliphatic rings. The standard InChI is InChI=1S/C14H18N4O5/c1-5-18(14(20)21)16-12-13(19)17(2)9-7-11(23-4)10(22-3)6-8(9)15-12/h6-7H,5H2,1-4H3,(H,15,16)(H,20,21)/p-1. The fraction of sp³-hybridized carbons (Fsp3) is 0.357. The van der Waals surface area contributed by atoms with Gasteiger partial charge in [-0.05, 0) is 6.92 Å². The smallest absolute Gasteiger partial charge is 0.295 e. The van der Waals surface area contributed by atoms with E-state index in [2.05, 4.69) is 10.4 Å². The molecule has 2 rings (SSSR count). The van der Waals surface area contributed by atoms with E-state index in [0.717, 1.165) is 5.01 Å². The van der Waals surface area contributed by atoms with Gasteiger partial charge in [0.2, 0.25) is 5.82 Å². The summed E-state index contributed by atoms with van der Waals surface area (Å²) in [6, 6.07) is 3.23. The maximum Gasteiger partial charge on any atom is 0.295 e. The third-order valence-electron chi connectivity index (χ3n) is 3.36. The monoisotopic (exact) mass is 321 g/mol. The van der Waals surface area contributed by atoms with Gasteiger partial charge in [0.25, 0.3) is 5.56 Å². The Morgan fingerprint density at radius 1 is 1.35 bits per heavy atom. The van der Waals surface area contributed by atoms with Gasteiger partial charge >= 0.3 is 0 Å². The van der Waals surface area contributed by atoms with Crippen molar-refractivity contribution in [1.29, 1.82) is 0 Å². The van der Waals surface area contributed by atoms with Gasteiger partial charge in [0.1, 0.15) is 0 Å². The number of benzene rings is 1. The summed E-state index contributed by atoms with van der Waals surface area (Å²) in [6.45, 7) is 1.69. The summed E-state index contributed by atoms with van der Waals surface area (Å²) in [5.74, 6) is 0.782. The molecule has 0 bridgehead atoms. The van der Waals surface area contributed by atoms with Crippen molar-refractivity contribution in [1.82, 2.24) is 14.6 Å². The minimum Gasteiger partial charge on any atom is -0.529 e. The Morgan fingerprint density at radius 3 is 2.48 bits per heavy atom. The Morgan fingerprint density at radius 2 is 1.96 bits per heavy atom. The molecule has 0 unspecified atom stereocenters. The van der Waals surface area contributed by atoms with Crippen LogP contribution >= 0.6 is 0 Å².